The molecule has 0 saturated carbocycles. The van der Waals surface area contributed by atoms with Crippen molar-refractivity contribution in [3.8, 4) is 5.75 Å². The molecule has 130 valence electrons. The predicted octanol–water partition coefficient (Wildman–Crippen LogP) is 6.58. The van der Waals surface area contributed by atoms with Gasteiger partial charge in [0.05, 0.1) is 0 Å². The normalized spacial score (nSPS) is 10.8. The molecule has 0 spiro atoms. The highest BCUT2D eigenvalue weighted by atomic mass is 35.5. The first-order valence-corrected chi connectivity index (χ1v) is 9.71. The quantitative estimate of drug-likeness (QED) is 0.473. The first-order chi connectivity index (χ1) is 12.1. The van der Waals surface area contributed by atoms with Gasteiger partial charge in [-0.15, -0.1) is 11.3 Å². The summed E-state index contributed by atoms with van der Waals surface area (Å²) in [5, 5.41) is 7.38. The molecule has 1 aromatic heterocycles. The molecule has 2 aromatic carbocycles. The van der Waals surface area contributed by atoms with Gasteiger partial charge in [0.2, 0.25) is 0 Å². The van der Waals surface area contributed by atoms with Crippen LogP contribution in [-0.4, -0.2) is 0 Å². The highest BCUT2D eigenvalue weighted by molar-refractivity contribution is 7.09. The molecule has 3 rings (SSSR count). The second-order valence-electron chi connectivity index (χ2n) is 5.46. The molecular formula is C19H16Cl3NOS. The SMILES string of the molecule is Clc1ccc(COc2ccc(Cl)cc2CNCc2cccs2)c(Cl)c1. The molecule has 0 atom stereocenters. The van der Waals surface area contributed by atoms with E-state index in [-0.39, 0.29) is 0 Å². The smallest absolute Gasteiger partial charge is 0.124 e. The van der Waals surface area contributed by atoms with Gasteiger partial charge in [-0.25, -0.2) is 0 Å². The van der Waals surface area contributed by atoms with Gasteiger partial charge >= 0.3 is 0 Å². The lowest BCUT2D eigenvalue weighted by atomic mass is 10.2. The van der Waals surface area contributed by atoms with Crippen LogP contribution in [0.25, 0.3) is 0 Å². The number of benzene rings is 2. The van der Waals surface area contributed by atoms with Crippen LogP contribution in [-0.2, 0) is 19.7 Å². The molecule has 0 fully saturated rings. The maximum atomic E-state index is 6.20. The summed E-state index contributed by atoms with van der Waals surface area (Å²) in [6.45, 7) is 1.85. The zero-order chi connectivity index (χ0) is 17.6. The van der Waals surface area contributed by atoms with E-state index in [9.17, 15) is 0 Å². The Morgan fingerprint density at radius 1 is 0.880 bits per heavy atom. The summed E-state index contributed by atoms with van der Waals surface area (Å²) >= 11 is 20.0. The second-order valence-corrected chi connectivity index (χ2v) is 7.77. The van der Waals surface area contributed by atoms with Crippen LogP contribution in [0.1, 0.15) is 16.0 Å². The largest absolute Gasteiger partial charge is 0.489 e. The van der Waals surface area contributed by atoms with Gasteiger partial charge < -0.3 is 10.1 Å². The van der Waals surface area contributed by atoms with Crippen molar-refractivity contribution in [1.82, 2.24) is 5.32 Å². The van der Waals surface area contributed by atoms with E-state index in [0.29, 0.717) is 28.2 Å². The number of hydrogen-bond acceptors (Lipinski definition) is 3. The molecule has 0 radical (unpaired) electrons. The number of nitrogens with one attached hydrogen (secondary N) is 1. The van der Waals surface area contributed by atoms with Crippen molar-refractivity contribution < 1.29 is 4.74 Å². The van der Waals surface area contributed by atoms with E-state index < -0.39 is 0 Å². The Bertz CT molecular complexity index is 837. The van der Waals surface area contributed by atoms with E-state index >= 15 is 0 Å². The molecule has 0 amide bonds. The Morgan fingerprint density at radius 2 is 1.68 bits per heavy atom. The molecule has 6 heteroatoms. The van der Waals surface area contributed by atoms with Crippen LogP contribution in [0.5, 0.6) is 5.75 Å². The molecule has 1 heterocycles. The van der Waals surface area contributed by atoms with Crippen molar-refractivity contribution in [1.29, 1.82) is 0 Å². The van der Waals surface area contributed by atoms with Crippen LogP contribution < -0.4 is 10.1 Å². The lowest BCUT2D eigenvalue weighted by Crippen LogP contribution is -2.13. The van der Waals surface area contributed by atoms with Gasteiger partial charge in [0.25, 0.3) is 0 Å². The minimum absolute atomic E-state index is 0.371. The van der Waals surface area contributed by atoms with Crippen LogP contribution in [0.15, 0.2) is 53.9 Å². The second kappa shape index (κ2) is 8.93. The van der Waals surface area contributed by atoms with Crippen LogP contribution in [0.4, 0.5) is 0 Å². The van der Waals surface area contributed by atoms with Crippen molar-refractivity contribution in [3.63, 3.8) is 0 Å². The third kappa shape index (κ3) is 5.37. The van der Waals surface area contributed by atoms with Crippen molar-refractivity contribution in [3.05, 3.63) is 85.0 Å². The van der Waals surface area contributed by atoms with Crippen molar-refractivity contribution in [2.24, 2.45) is 0 Å². The molecule has 3 aromatic rings. The van der Waals surface area contributed by atoms with E-state index in [1.807, 2.05) is 30.3 Å². The summed E-state index contributed by atoms with van der Waals surface area (Å²) in [5.41, 5.74) is 1.90. The summed E-state index contributed by atoms with van der Waals surface area (Å²) < 4.78 is 5.96. The fourth-order valence-electron chi connectivity index (χ4n) is 2.35. The zero-order valence-corrected chi connectivity index (χ0v) is 16.4. The molecule has 0 aliphatic rings. The number of ether oxygens (including phenoxy) is 1. The van der Waals surface area contributed by atoms with E-state index in [1.165, 1.54) is 4.88 Å². The topological polar surface area (TPSA) is 21.3 Å². The highest BCUT2D eigenvalue weighted by Gasteiger charge is 2.08. The van der Waals surface area contributed by atoms with E-state index in [0.717, 1.165) is 23.4 Å². The zero-order valence-electron chi connectivity index (χ0n) is 13.3. The molecule has 2 nitrogen and oxygen atoms in total. The molecular weight excluding hydrogens is 397 g/mol. The molecule has 0 bridgehead atoms. The Balaban J connectivity index is 1.65. The summed E-state index contributed by atoms with van der Waals surface area (Å²) in [5.74, 6) is 0.786. The predicted molar refractivity (Wildman–Crippen MR) is 107 cm³/mol. The van der Waals surface area contributed by atoms with Crippen LogP contribution in [0.3, 0.4) is 0 Å². The molecule has 1 N–H and O–H groups in total. The van der Waals surface area contributed by atoms with Crippen molar-refractivity contribution >= 4 is 46.1 Å². The number of hydrogen-bond donors (Lipinski definition) is 1. The van der Waals surface area contributed by atoms with Gasteiger partial charge in [0.15, 0.2) is 0 Å². The molecule has 25 heavy (non-hydrogen) atoms. The maximum Gasteiger partial charge on any atom is 0.124 e. The van der Waals surface area contributed by atoms with Gasteiger partial charge in [-0.2, -0.15) is 0 Å². The number of thiophene rings is 1. The molecule has 0 aliphatic heterocycles. The molecule has 0 unspecified atom stereocenters. The monoisotopic (exact) mass is 411 g/mol. The van der Waals surface area contributed by atoms with E-state index in [1.54, 1.807) is 23.5 Å². The minimum Gasteiger partial charge on any atom is -0.489 e. The van der Waals surface area contributed by atoms with Crippen molar-refractivity contribution in [2.45, 2.75) is 19.7 Å². The summed E-state index contributed by atoms with van der Waals surface area (Å²) in [6, 6.07) is 15.2. The molecule has 0 saturated heterocycles. The van der Waals surface area contributed by atoms with Gasteiger partial charge in [-0.05, 0) is 41.8 Å². The Morgan fingerprint density at radius 3 is 2.44 bits per heavy atom. The number of rotatable bonds is 7. The summed E-state index contributed by atoms with van der Waals surface area (Å²) in [4.78, 5) is 1.29. The van der Waals surface area contributed by atoms with Crippen LogP contribution >= 0.6 is 46.1 Å². The standard InChI is InChI=1S/C19H16Cl3NOS/c20-15-5-6-19(24-12-13-3-4-16(21)9-18(13)22)14(8-15)10-23-11-17-2-1-7-25-17/h1-9,23H,10-12H2. The van der Waals surface area contributed by atoms with Crippen LogP contribution in [0.2, 0.25) is 15.1 Å². The third-order valence-corrected chi connectivity index (χ3v) is 5.31. The van der Waals surface area contributed by atoms with Crippen molar-refractivity contribution in [2.75, 3.05) is 0 Å². The van der Waals surface area contributed by atoms with Gasteiger partial charge in [-0.1, -0.05) is 46.9 Å². The first kappa shape index (κ1) is 18.6. The van der Waals surface area contributed by atoms with E-state index in [2.05, 4.69) is 16.8 Å². The maximum absolute atomic E-state index is 6.20. The lowest BCUT2D eigenvalue weighted by molar-refractivity contribution is 0.302. The van der Waals surface area contributed by atoms with Gasteiger partial charge in [-0.3, -0.25) is 0 Å². The Kier molecular flexibility index (Phi) is 6.63. The van der Waals surface area contributed by atoms with Crippen LogP contribution in [0, 0.1) is 0 Å². The fourth-order valence-corrected chi connectivity index (χ4v) is 3.69. The van der Waals surface area contributed by atoms with E-state index in [4.69, 9.17) is 39.5 Å². The van der Waals surface area contributed by atoms with Gasteiger partial charge in [0, 0.05) is 44.2 Å². The first-order valence-electron chi connectivity index (χ1n) is 7.70. The number of halogens is 3. The fraction of sp³-hybridized carbons (Fsp3) is 0.158. The Labute approximate surface area is 166 Å². The average molecular weight is 413 g/mol. The highest BCUT2D eigenvalue weighted by Crippen LogP contribution is 2.26. The summed E-state index contributed by atoms with van der Waals surface area (Å²) in [6.07, 6.45) is 0. The third-order valence-electron chi connectivity index (χ3n) is 3.62. The minimum atomic E-state index is 0.371. The average Bonchev–Trinajstić information content (AvgIpc) is 3.09. The lowest BCUT2D eigenvalue weighted by Gasteiger charge is -2.13. The molecule has 0 aliphatic carbocycles. The Hall–Kier alpha value is -1.23. The van der Waals surface area contributed by atoms with Gasteiger partial charge in [0.1, 0.15) is 12.4 Å². The summed E-state index contributed by atoms with van der Waals surface area (Å²) in [7, 11) is 0.